The predicted octanol–water partition coefficient (Wildman–Crippen LogP) is 5.79. The molecule has 5 rings (SSSR count). The number of benzene rings is 3. The summed E-state index contributed by atoms with van der Waals surface area (Å²) in [5.41, 5.74) is 5.97. The van der Waals surface area contributed by atoms with E-state index in [2.05, 4.69) is 38.8 Å². The molecule has 1 aliphatic heterocycles. The van der Waals surface area contributed by atoms with Gasteiger partial charge in [0, 0.05) is 43.2 Å². The zero-order valence-electron chi connectivity index (χ0n) is 22.9. The zero-order chi connectivity index (χ0) is 28.4. The Bertz CT molecular complexity index is 1400. The van der Waals surface area contributed by atoms with Crippen molar-refractivity contribution >= 4 is 17.8 Å². The fraction of sp³-hybridized carbons (Fsp3) is 0.281. The highest BCUT2D eigenvalue weighted by atomic mass is 32.2. The van der Waals surface area contributed by atoms with Crippen molar-refractivity contribution in [2.45, 2.75) is 50.2 Å². The highest BCUT2D eigenvalue weighted by Gasteiger charge is 2.32. The van der Waals surface area contributed by atoms with Gasteiger partial charge in [-0.25, -0.2) is 14.8 Å². The van der Waals surface area contributed by atoms with Gasteiger partial charge in [-0.05, 0) is 40.8 Å². The summed E-state index contributed by atoms with van der Waals surface area (Å²) in [6.07, 6.45) is 3.39. The first-order valence-electron chi connectivity index (χ1n) is 13.7. The lowest BCUT2D eigenvalue weighted by atomic mass is 9.98. The van der Waals surface area contributed by atoms with Crippen molar-refractivity contribution in [3.63, 3.8) is 0 Å². The van der Waals surface area contributed by atoms with Crippen LogP contribution in [0.2, 0.25) is 0 Å². The Labute approximate surface area is 244 Å². The molecule has 0 bridgehead atoms. The number of thioether (sulfide) groups is 1. The third-order valence-electron chi connectivity index (χ3n) is 6.84. The summed E-state index contributed by atoms with van der Waals surface area (Å²) < 4.78 is 12.9. The molecule has 1 saturated heterocycles. The fourth-order valence-corrected chi connectivity index (χ4v) is 5.55. The molecule has 9 heteroatoms. The first-order chi connectivity index (χ1) is 20.1. The predicted molar refractivity (Wildman–Crippen MR) is 159 cm³/mol. The minimum Gasteiger partial charge on any atom is -0.392 e. The summed E-state index contributed by atoms with van der Waals surface area (Å²) in [7, 11) is 0. The first-order valence-corrected chi connectivity index (χ1v) is 14.7. The number of carbonyl (C=O) groups is 1. The molecule has 0 spiro atoms. The number of amides is 2. The van der Waals surface area contributed by atoms with Gasteiger partial charge in [-0.2, -0.15) is 0 Å². The average molecular weight is 571 g/mol. The van der Waals surface area contributed by atoms with Crippen molar-refractivity contribution in [3.05, 3.63) is 114 Å². The van der Waals surface area contributed by atoms with Crippen LogP contribution in [-0.2, 0) is 22.6 Å². The van der Waals surface area contributed by atoms with Gasteiger partial charge in [0.05, 0.1) is 18.8 Å². The van der Waals surface area contributed by atoms with Gasteiger partial charge in [0.15, 0.2) is 11.4 Å². The maximum absolute atomic E-state index is 11.9. The third kappa shape index (κ3) is 7.71. The second kappa shape index (κ2) is 14.2. The monoisotopic (exact) mass is 570 g/mol. The SMILES string of the molecule is CCNC(=O)NCc1ccccc1-c1ccc([C@H]2O[C@@H](CSc3ncccn3)C[C@@H](c3ccc(CO)cc3)O2)cc1. The van der Waals surface area contributed by atoms with E-state index in [1.165, 1.54) is 0 Å². The molecular weight excluding hydrogens is 536 g/mol. The molecule has 0 radical (unpaired) electrons. The molecule has 1 aromatic heterocycles. The van der Waals surface area contributed by atoms with Crippen molar-refractivity contribution in [1.29, 1.82) is 0 Å². The van der Waals surface area contributed by atoms with E-state index >= 15 is 0 Å². The molecule has 0 unspecified atom stereocenters. The standard InChI is InChI=1S/C32H34N4O4S/c1-2-33-31(38)36-19-26-6-3-4-7-28(26)23-12-14-25(15-13-23)30-39-27(21-41-32-34-16-5-17-35-32)18-29(40-30)24-10-8-22(20-37)9-11-24/h3-17,27,29-30,37H,2,18-21H2,1H3,(H2,33,36,38)/t27-,29+,30+/m1/s1. The number of hydrogen-bond acceptors (Lipinski definition) is 7. The normalized spacial score (nSPS) is 18.5. The molecule has 212 valence electrons. The molecule has 2 amide bonds. The smallest absolute Gasteiger partial charge is 0.315 e. The number of carbonyl (C=O) groups excluding carboxylic acids is 1. The Kier molecular flexibility index (Phi) is 9.98. The molecule has 1 aliphatic rings. The van der Waals surface area contributed by atoms with Gasteiger partial charge < -0.3 is 25.2 Å². The number of rotatable bonds is 10. The lowest BCUT2D eigenvalue weighted by Gasteiger charge is -2.36. The Morgan fingerprint density at radius 2 is 1.66 bits per heavy atom. The molecule has 4 aromatic rings. The Balaban J connectivity index is 1.33. The topological polar surface area (TPSA) is 106 Å². The fourth-order valence-electron chi connectivity index (χ4n) is 4.72. The molecule has 41 heavy (non-hydrogen) atoms. The van der Waals surface area contributed by atoms with Crippen LogP contribution in [0.3, 0.4) is 0 Å². The van der Waals surface area contributed by atoms with E-state index in [4.69, 9.17) is 9.47 Å². The molecule has 3 aromatic carbocycles. The lowest BCUT2D eigenvalue weighted by Crippen LogP contribution is -2.34. The quantitative estimate of drug-likeness (QED) is 0.164. The second-order valence-electron chi connectivity index (χ2n) is 9.68. The summed E-state index contributed by atoms with van der Waals surface area (Å²) in [6, 6.07) is 25.8. The molecule has 3 N–H and O–H groups in total. The molecule has 8 nitrogen and oxygen atoms in total. The minimum absolute atomic E-state index is 0.00531. The van der Waals surface area contributed by atoms with E-state index in [0.29, 0.717) is 30.4 Å². The molecular formula is C32H34N4O4S. The van der Waals surface area contributed by atoms with E-state index in [9.17, 15) is 9.90 Å². The van der Waals surface area contributed by atoms with Crippen LogP contribution >= 0.6 is 11.8 Å². The lowest BCUT2D eigenvalue weighted by molar-refractivity contribution is -0.245. The highest BCUT2D eigenvalue weighted by molar-refractivity contribution is 7.99. The maximum Gasteiger partial charge on any atom is 0.315 e. The number of aliphatic hydroxyl groups excluding tert-OH is 1. The maximum atomic E-state index is 11.9. The van der Waals surface area contributed by atoms with E-state index < -0.39 is 6.29 Å². The number of nitrogens with one attached hydrogen (secondary N) is 2. The number of aromatic nitrogens is 2. The van der Waals surface area contributed by atoms with Crippen LogP contribution in [0.1, 0.15) is 48.0 Å². The summed E-state index contributed by atoms with van der Waals surface area (Å²) >= 11 is 1.57. The summed E-state index contributed by atoms with van der Waals surface area (Å²) in [6.45, 7) is 2.91. The van der Waals surface area contributed by atoms with E-state index in [1.54, 1.807) is 30.2 Å². The van der Waals surface area contributed by atoms with Crippen LogP contribution in [0.25, 0.3) is 11.1 Å². The zero-order valence-corrected chi connectivity index (χ0v) is 23.7. The molecule has 1 fully saturated rings. The number of nitrogens with zero attached hydrogens (tertiary/aromatic N) is 2. The third-order valence-corrected chi connectivity index (χ3v) is 7.85. The Hall–Kier alpha value is -3.76. The highest BCUT2D eigenvalue weighted by Crippen LogP contribution is 2.39. The number of ether oxygens (including phenoxy) is 2. The van der Waals surface area contributed by atoms with Gasteiger partial charge in [0.2, 0.25) is 0 Å². The number of hydrogen-bond donors (Lipinski definition) is 3. The molecule has 2 heterocycles. The van der Waals surface area contributed by atoms with E-state index in [0.717, 1.165) is 33.4 Å². The van der Waals surface area contributed by atoms with Crippen LogP contribution in [0.5, 0.6) is 0 Å². The largest absolute Gasteiger partial charge is 0.392 e. The molecule has 0 aliphatic carbocycles. The first kappa shape index (κ1) is 28.8. The average Bonchev–Trinajstić information content (AvgIpc) is 3.03. The Morgan fingerprint density at radius 1 is 0.927 bits per heavy atom. The van der Waals surface area contributed by atoms with Gasteiger partial charge in [-0.3, -0.25) is 0 Å². The Morgan fingerprint density at radius 3 is 2.39 bits per heavy atom. The van der Waals surface area contributed by atoms with Crippen molar-refractivity contribution in [3.8, 4) is 11.1 Å². The summed E-state index contributed by atoms with van der Waals surface area (Å²) in [5, 5.41) is 15.9. The molecule has 3 atom stereocenters. The van der Waals surface area contributed by atoms with Crippen molar-refractivity contribution in [2.24, 2.45) is 0 Å². The van der Waals surface area contributed by atoms with Crippen molar-refractivity contribution in [2.75, 3.05) is 12.3 Å². The van der Waals surface area contributed by atoms with Gasteiger partial charge in [0.25, 0.3) is 0 Å². The van der Waals surface area contributed by atoms with Crippen molar-refractivity contribution < 1.29 is 19.4 Å². The van der Waals surface area contributed by atoms with E-state index in [1.807, 2.05) is 61.5 Å². The second-order valence-corrected chi connectivity index (χ2v) is 10.7. The minimum atomic E-state index is -0.544. The summed E-state index contributed by atoms with van der Waals surface area (Å²) in [4.78, 5) is 20.6. The van der Waals surface area contributed by atoms with Crippen LogP contribution in [-0.4, -0.2) is 39.5 Å². The van der Waals surface area contributed by atoms with Gasteiger partial charge >= 0.3 is 6.03 Å². The van der Waals surface area contributed by atoms with Gasteiger partial charge in [-0.15, -0.1) is 0 Å². The van der Waals surface area contributed by atoms with Crippen LogP contribution in [0.4, 0.5) is 4.79 Å². The van der Waals surface area contributed by atoms with Crippen LogP contribution in [0.15, 0.2) is 96.4 Å². The number of urea groups is 1. The van der Waals surface area contributed by atoms with Crippen molar-refractivity contribution in [1.82, 2.24) is 20.6 Å². The van der Waals surface area contributed by atoms with E-state index in [-0.39, 0.29) is 24.8 Å². The van der Waals surface area contributed by atoms with Gasteiger partial charge in [-0.1, -0.05) is 84.6 Å². The number of aliphatic hydroxyl groups is 1. The summed E-state index contributed by atoms with van der Waals surface area (Å²) in [5.74, 6) is 0.694. The van der Waals surface area contributed by atoms with Gasteiger partial charge in [0.1, 0.15) is 0 Å². The van der Waals surface area contributed by atoms with Crippen LogP contribution < -0.4 is 10.6 Å². The van der Waals surface area contributed by atoms with Crippen LogP contribution in [0, 0.1) is 0 Å². The molecule has 0 saturated carbocycles.